The summed E-state index contributed by atoms with van der Waals surface area (Å²) < 4.78 is 0. The molecule has 0 spiro atoms. The van der Waals surface area contributed by atoms with Crippen molar-refractivity contribution in [3.8, 4) is 0 Å². The highest BCUT2D eigenvalue weighted by molar-refractivity contribution is 5.99. The maximum atomic E-state index is 11.3. The molecule has 1 aromatic rings. The Balaban J connectivity index is 3.33. The van der Waals surface area contributed by atoms with Gasteiger partial charge in [0.15, 0.2) is 0 Å². The highest BCUT2D eigenvalue weighted by Gasteiger charge is 2.12. The zero-order valence-electron chi connectivity index (χ0n) is 9.92. The van der Waals surface area contributed by atoms with Gasteiger partial charge in [0, 0.05) is 29.4 Å². The molecule has 2 N–H and O–H groups in total. The normalized spacial score (nSPS) is 9.53. The molecule has 0 bridgehead atoms. The van der Waals surface area contributed by atoms with Gasteiger partial charge in [0.2, 0.25) is 0 Å². The minimum atomic E-state index is -0.487. The van der Waals surface area contributed by atoms with E-state index in [1.807, 2.05) is 18.7 Å². The number of hydrogen-bond donors (Lipinski definition) is 1. The van der Waals surface area contributed by atoms with Gasteiger partial charge in [0.05, 0.1) is 5.56 Å². The lowest BCUT2D eigenvalue weighted by atomic mass is 10.1. The molecule has 17 heavy (non-hydrogen) atoms. The Hall–Kier alpha value is -2.20. The first-order chi connectivity index (χ1) is 8.13. The third kappa shape index (κ3) is 2.89. The van der Waals surface area contributed by atoms with Gasteiger partial charge in [-0.25, -0.2) is 0 Å². The fraction of sp³-hybridized carbons (Fsp3) is 0.364. The van der Waals surface area contributed by atoms with Gasteiger partial charge in [0.25, 0.3) is 5.91 Å². The molecule has 0 saturated heterocycles. The Labute approximate surface area is 99.7 Å². The third-order valence-electron chi connectivity index (χ3n) is 2.51. The molecule has 0 aliphatic heterocycles. The quantitative estimate of drug-likeness (QED) is 0.480. The first kappa shape index (κ1) is 12.9. The number of nitrogens with two attached hydrogens (primary N) is 1. The molecule has 0 aromatic heterocycles. The number of hydrogen-bond acceptors (Lipinski definition) is 3. The molecule has 6 nitrogen and oxygen atoms in total. The Morgan fingerprint density at radius 2 is 2.12 bits per heavy atom. The van der Waals surface area contributed by atoms with E-state index in [1.54, 1.807) is 18.2 Å². The van der Waals surface area contributed by atoms with Crippen LogP contribution in [0.2, 0.25) is 0 Å². The van der Waals surface area contributed by atoms with Crippen molar-refractivity contribution >= 4 is 17.3 Å². The lowest BCUT2D eigenvalue weighted by Gasteiger charge is -2.23. The summed E-state index contributed by atoms with van der Waals surface area (Å²) in [6, 6.07) is 4.83. The number of carbonyl (C=O) groups excluding carboxylic acids is 1. The molecule has 0 heterocycles. The molecule has 0 aliphatic carbocycles. The lowest BCUT2D eigenvalue weighted by Crippen LogP contribution is -2.25. The van der Waals surface area contributed by atoms with Crippen molar-refractivity contribution in [1.29, 1.82) is 0 Å². The predicted octanol–water partition coefficient (Wildman–Crippen LogP) is 2.57. The van der Waals surface area contributed by atoms with Gasteiger partial charge >= 0.3 is 0 Å². The zero-order chi connectivity index (χ0) is 12.8. The molecular weight excluding hydrogens is 218 g/mol. The van der Waals surface area contributed by atoms with Gasteiger partial charge < -0.3 is 10.6 Å². The maximum Gasteiger partial charge on any atom is 0.250 e. The van der Waals surface area contributed by atoms with Crippen molar-refractivity contribution in [1.82, 2.24) is 0 Å². The first-order valence-corrected chi connectivity index (χ1v) is 5.37. The highest BCUT2D eigenvalue weighted by atomic mass is 16.1. The second-order valence-corrected chi connectivity index (χ2v) is 3.43. The smallest absolute Gasteiger partial charge is 0.250 e. The summed E-state index contributed by atoms with van der Waals surface area (Å²) in [5.74, 6) is -0.487. The van der Waals surface area contributed by atoms with E-state index in [0.29, 0.717) is 16.9 Å². The number of amides is 1. The number of azide groups is 1. The predicted molar refractivity (Wildman–Crippen MR) is 67.3 cm³/mol. The van der Waals surface area contributed by atoms with Gasteiger partial charge in [0.1, 0.15) is 0 Å². The molecule has 0 aliphatic rings. The van der Waals surface area contributed by atoms with Crippen LogP contribution in [0.15, 0.2) is 23.3 Å². The highest BCUT2D eigenvalue weighted by Crippen LogP contribution is 2.26. The first-order valence-electron chi connectivity index (χ1n) is 5.37. The SMILES string of the molecule is CCN(CC)c1cc(N=[N+]=[N-])ccc1C(N)=O. The Bertz CT molecular complexity index is 461. The monoisotopic (exact) mass is 233 g/mol. The Morgan fingerprint density at radius 1 is 1.47 bits per heavy atom. The summed E-state index contributed by atoms with van der Waals surface area (Å²) in [5, 5.41) is 3.52. The van der Waals surface area contributed by atoms with Gasteiger partial charge in [-0.1, -0.05) is 11.2 Å². The van der Waals surface area contributed by atoms with E-state index < -0.39 is 5.91 Å². The molecule has 1 amide bonds. The molecule has 0 atom stereocenters. The molecule has 90 valence electrons. The van der Waals surface area contributed by atoms with Crippen molar-refractivity contribution < 1.29 is 4.79 Å². The number of nitrogens with zero attached hydrogens (tertiary/aromatic N) is 4. The minimum absolute atomic E-state index is 0.436. The van der Waals surface area contributed by atoms with Crippen molar-refractivity contribution in [2.75, 3.05) is 18.0 Å². The molecule has 0 fully saturated rings. The van der Waals surface area contributed by atoms with Crippen molar-refractivity contribution in [3.05, 3.63) is 34.2 Å². The van der Waals surface area contributed by atoms with Crippen LogP contribution in [0.5, 0.6) is 0 Å². The molecular formula is C11H15N5O. The molecule has 0 radical (unpaired) electrons. The molecule has 0 unspecified atom stereocenters. The molecule has 0 saturated carbocycles. The van der Waals surface area contributed by atoms with Gasteiger partial charge in [-0.2, -0.15) is 0 Å². The van der Waals surface area contributed by atoms with E-state index in [0.717, 1.165) is 13.1 Å². The van der Waals surface area contributed by atoms with E-state index in [9.17, 15) is 4.79 Å². The van der Waals surface area contributed by atoms with E-state index in [1.165, 1.54) is 0 Å². The van der Waals surface area contributed by atoms with Crippen molar-refractivity contribution in [2.24, 2.45) is 10.8 Å². The van der Waals surface area contributed by atoms with E-state index in [2.05, 4.69) is 10.0 Å². The average Bonchev–Trinajstić information content (AvgIpc) is 2.31. The number of rotatable bonds is 5. The lowest BCUT2D eigenvalue weighted by molar-refractivity contribution is 0.100. The van der Waals surface area contributed by atoms with Crippen LogP contribution in [0.3, 0.4) is 0 Å². The fourth-order valence-corrected chi connectivity index (χ4v) is 1.67. The van der Waals surface area contributed by atoms with Crippen molar-refractivity contribution in [2.45, 2.75) is 13.8 Å². The fourth-order valence-electron chi connectivity index (χ4n) is 1.67. The third-order valence-corrected chi connectivity index (χ3v) is 2.51. The summed E-state index contributed by atoms with van der Waals surface area (Å²) >= 11 is 0. The number of carbonyl (C=O) groups is 1. The largest absolute Gasteiger partial charge is 0.371 e. The number of anilines is 1. The van der Waals surface area contributed by atoms with Crippen LogP contribution in [-0.4, -0.2) is 19.0 Å². The average molecular weight is 233 g/mol. The Kier molecular flexibility index (Phi) is 4.37. The van der Waals surface area contributed by atoms with E-state index >= 15 is 0 Å². The minimum Gasteiger partial charge on any atom is -0.371 e. The number of benzene rings is 1. The maximum absolute atomic E-state index is 11.3. The van der Waals surface area contributed by atoms with Crippen LogP contribution < -0.4 is 10.6 Å². The van der Waals surface area contributed by atoms with Crippen LogP contribution in [-0.2, 0) is 0 Å². The number of primary amides is 1. The van der Waals surface area contributed by atoms with Gasteiger partial charge in [-0.3, -0.25) is 4.79 Å². The van der Waals surface area contributed by atoms with Crippen LogP contribution in [0.4, 0.5) is 11.4 Å². The van der Waals surface area contributed by atoms with Crippen LogP contribution in [0, 0.1) is 0 Å². The van der Waals surface area contributed by atoms with Crippen LogP contribution in [0.25, 0.3) is 10.4 Å². The van der Waals surface area contributed by atoms with E-state index in [-0.39, 0.29) is 0 Å². The summed E-state index contributed by atoms with van der Waals surface area (Å²) in [7, 11) is 0. The van der Waals surface area contributed by atoms with Crippen LogP contribution in [0.1, 0.15) is 24.2 Å². The standard InChI is InChI=1S/C11H15N5O/c1-3-16(4-2)10-7-8(14-15-13)5-6-9(10)11(12)17/h5-7H,3-4H2,1-2H3,(H2,12,17). The van der Waals surface area contributed by atoms with Gasteiger partial charge in [-0.15, -0.1) is 0 Å². The Morgan fingerprint density at radius 3 is 2.59 bits per heavy atom. The van der Waals surface area contributed by atoms with E-state index in [4.69, 9.17) is 11.3 Å². The second kappa shape index (κ2) is 5.77. The molecule has 1 aromatic carbocycles. The zero-order valence-corrected chi connectivity index (χ0v) is 9.92. The summed E-state index contributed by atoms with van der Waals surface area (Å²) in [5.41, 5.74) is 15.3. The molecule has 6 heteroatoms. The summed E-state index contributed by atoms with van der Waals surface area (Å²) in [4.78, 5) is 16.0. The van der Waals surface area contributed by atoms with Crippen LogP contribution >= 0.6 is 0 Å². The topological polar surface area (TPSA) is 95.1 Å². The molecule has 1 rings (SSSR count). The van der Waals surface area contributed by atoms with Crippen molar-refractivity contribution in [3.63, 3.8) is 0 Å². The summed E-state index contributed by atoms with van der Waals surface area (Å²) in [6.45, 7) is 5.45. The second-order valence-electron chi connectivity index (χ2n) is 3.43. The van der Waals surface area contributed by atoms with Gasteiger partial charge in [-0.05, 0) is 31.5 Å². The summed E-state index contributed by atoms with van der Waals surface area (Å²) in [6.07, 6.45) is 0.